The lowest BCUT2D eigenvalue weighted by Gasteiger charge is -2.35. The van der Waals surface area contributed by atoms with Crippen LogP contribution in [0.3, 0.4) is 0 Å². The molecule has 1 unspecified atom stereocenters. The van der Waals surface area contributed by atoms with Crippen molar-refractivity contribution in [3.05, 3.63) is 41.5 Å². The van der Waals surface area contributed by atoms with Gasteiger partial charge in [0.05, 0.1) is 0 Å². The van der Waals surface area contributed by atoms with Gasteiger partial charge in [-0.25, -0.2) is 0 Å². The molecule has 2 saturated heterocycles. The summed E-state index contributed by atoms with van der Waals surface area (Å²) in [6.07, 6.45) is 11.7. The second kappa shape index (κ2) is 6.14. The van der Waals surface area contributed by atoms with E-state index in [-0.39, 0.29) is 5.92 Å². The maximum absolute atomic E-state index is 12.9. The Morgan fingerprint density at radius 2 is 1.91 bits per heavy atom. The van der Waals surface area contributed by atoms with Crippen LogP contribution in [0.1, 0.15) is 63.0 Å². The molecule has 2 heterocycles. The predicted molar refractivity (Wildman–Crippen MR) is 94.0 cm³/mol. The minimum absolute atomic E-state index is 0.211. The number of hydrogen-bond acceptors (Lipinski definition) is 1. The van der Waals surface area contributed by atoms with Gasteiger partial charge in [-0.05, 0) is 55.2 Å². The normalized spacial score (nSPS) is 30.5. The van der Waals surface area contributed by atoms with Crippen LogP contribution in [0.15, 0.2) is 30.3 Å². The Balaban J connectivity index is 1.54. The number of carbonyl (C=O) groups is 1. The Bertz CT molecular complexity index is 632. The molecule has 3 atom stereocenters. The van der Waals surface area contributed by atoms with E-state index in [0.29, 0.717) is 18.0 Å². The fourth-order valence-electron chi connectivity index (χ4n) is 4.82. The number of nitrogens with zero attached hydrogens (tertiary/aromatic N) is 1. The number of amides is 1. The molecule has 1 aromatic carbocycles. The molecule has 0 bridgehead atoms. The molecule has 0 spiro atoms. The maximum Gasteiger partial charge on any atom is 0.225 e. The Hall–Kier alpha value is -1.57. The molecule has 0 aromatic heterocycles. The van der Waals surface area contributed by atoms with Gasteiger partial charge in [-0.15, -0.1) is 0 Å². The first kappa shape index (κ1) is 15.0. The van der Waals surface area contributed by atoms with Crippen molar-refractivity contribution >= 4 is 11.5 Å². The molecule has 23 heavy (non-hydrogen) atoms. The Morgan fingerprint density at radius 3 is 2.83 bits per heavy atom. The van der Waals surface area contributed by atoms with Crippen molar-refractivity contribution < 1.29 is 4.79 Å². The fourth-order valence-corrected chi connectivity index (χ4v) is 4.82. The third-order valence-electron chi connectivity index (χ3n) is 6.11. The van der Waals surface area contributed by atoms with Gasteiger partial charge >= 0.3 is 0 Å². The van der Waals surface area contributed by atoms with E-state index in [2.05, 4.69) is 42.2 Å². The Morgan fingerprint density at radius 1 is 1.09 bits per heavy atom. The molecule has 0 saturated carbocycles. The average Bonchev–Trinajstić information content (AvgIpc) is 3.14. The van der Waals surface area contributed by atoms with Crippen LogP contribution in [0.5, 0.6) is 0 Å². The molecular weight excluding hydrogens is 282 g/mol. The van der Waals surface area contributed by atoms with E-state index in [1.54, 1.807) is 0 Å². The average molecular weight is 309 g/mol. The standard InChI is InChI=1S/C21H27NO/c1-15-6-2-4-8-18-12-13-19(22(18)21(15)23)14-17-11-10-16-7-3-5-9-20(16)17/h3,5,7,9,11,15,18-19H,2,4,6,8,10,12-14H2,1H3/t15-,18-,19?/m0/s1. The SMILES string of the molecule is C[C@H]1CCCC[C@H]2CCC(CC3=CCc4ccccc43)N2C1=O. The topological polar surface area (TPSA) is 20.3 Å². The summed E-state index contributed by atoms with van der Waals surface area (Å²) >= 11 is 0. The molecular formula is C21H27NO. The largest absolute Gasteiger partial charge is 0.336 e. The molecule has 3 aliphatic rings. The van der Waals surface area contributed by atoms with Crippen LogP contribution in [-0.2, 0) is 11.2 Å². The van der Waals surface area contributed by atoms with E-state index >= 15 is 0 Å². The summed E-state index contributed by atoms with van der Waals surface area (Å²) in [6, 6.07) is 9.68. The molecule has 2 heteroatoms. The first-order chi connectivity index (χ1) is 11.2. The number of carbonyl (C=O) groups excluding carboxylic acids is 1. The molecule has 2 fully saturated rings. The van der Waals surface area contributed by atoms with Gasteiger partial charge in [0.1, 0.15) is 0 Å². The van der Waals surface area contributed by atoms with E-state index in [9.17, 15) is 4.79 Å². The van der Waals surface area contributed by atoms with Crippen LogP contribution < -0.4 is 0 Å². The summed E-state index contributed by atoms with van der Waals surface area (Å²) in [7, 11) is 0. The Kier molecular flexibility index (Phi) is 4.00. The lowest BCUT2D eigenvalue weighted by molar-refractivity contribution is -0.139. The van der Waals surface area contributed by atoms with E-state index in [1.807, 2.05) is 0 Å². The third kappa shape index (κ3) is 2.73. The predicted octanol–water partition coefficient (Wildman–Crippen LogP) is 4.59. The Labute approximate surface area is 139 Å². The highest BCUT2D eigenvalue weighted by atomic mass is 16.2. The second-order valence-electron chi connectivity index (χ2n) is 7.61. The second-order valence-corrected chi connectivity index (χ2v) is 7.61. The monoisotopic (exact) mass is 309 g/mol. The van der Waals surface area contributed by atoms with Gasteiger partial charge in [-0.2, -0.15) is 0 Å². The highest BCUT2D eigenvalue weighted by Gasteiger charge is 2.39. The summed E-state index contributed by atoms with van der Waals surface area (Å²) in [6.45, 7) is 2.13. The molecule has 2 aliphatic heterocycles. The van der Waals surface area contributed by atoms with Crippen LogP contribution >= 0.6 is 0 Å². The summed E-state index contributed by atoms with van der Waals surface area (Å²) in [5, 5.41) is 0. The molecule has 1 aliphatic carbocycles. The van der Waals surface area contributed by atoms with Gasteiger partial charge in [0.2, 0.25) is 5.91 Å². The van der Waals surface area contributed by atoms with Crippen molar-refractivity contribution in [1.82, 2.24) is 4.90 Å². The fraction of sp³-hybridized carbons (Fsp3) is 0.571. The van der Waals surface area contributed by atoms with Gasteiger partial charge in [0, 0.05) is 18.0 Å². The molecule has 1 aromatic rings. The van der Waals surface area contributed by atoms with Crippen molar-refractivity contribution in [2.45, 2.75) is 70.4 Å². The zero-order chi connectivity index (χ0) is 15.8. The van der Waals surface area contributed by atoms with Gasteiger partial charge in [-0.3, -0.25) is 4.79 Å². The van der Waals surface area contributed by atoms with Crippen LogP contribution in [0.2, 0.25) is 0 Å². The van der Waals surface area contributed by atoms with Crippen molar-refractivity contribution in [3.63, 3.8) is 0 Å². The van der Waals surface area contributed by atoms with Crippen molar-refractivity contribution in [2.75, 3.05) is 0 Å². The number of allylic oxidation sites excluding steroid dienone is 1. The summed E-state index contributed by atoms with van der Waals surface area (Å²) < 4.78 is 0. The smallest absolute Gasteiger partial charge is 0.225 e. The molecule has 122 valence electrons. The summed E-state index contributed by atoms with van der Waals surface area (Å²) in [5.74, 6) is 0.632. The minimum Gasteiger partial charge on any atom is -0.336 e. The van der Waals surface area contributed by atoms with Crippen LogP contribution in [0.25, 0.3) is 5.57 Å². The van der Waals surface area contributed by atoms with Crippen molar-refractivity contribution in [2.24, 2.45) is 5.92 Å². The maximum atomic E-state index is 12.9. The molecule has 0 radical (unpaired) electrons. The van der Waals surface area contributed by atoms with E-state index in [4.69, 9.17) is 0 Å². The van der Waals surface area contributed by atoms with Crippen molar-refractivity contribution in [3.8, 4) is 0 Å². The van der Waals surface area contributed by atoms with E-state index in [1.165, 1.54) is 48.8 Å². The number of rotatable bonds is 2. The quantitative estimate of drug-likeness (QED) is 0.782. The first-order valence-corrected chi connectivity index (χ1v) is 9.33. The van der Waals surface area contributed by atoms with Crippen LogP contribution in [0.4, 0.5) is 0 Å². The lowest BCUT2D eigenvalue weighted by Crippen LogP contribution is -2.44. The first-order valence-electron chi connectivity index (χ1n) is 9.33. The van der Waals surface area contributed by atoms with Crippen LogP contribution in [-0.4, -0.2) is 22.9 Å². The van der Waals surface area contributed by atoms with Gasteiger partial charge < -0.3 is 4.90 Å². The molecule has 0 N–H and O–H groups in total. The van der Waals surface area contributed by atoms with E-state index < -0.39 is 0 Å². The minimum atomic E-state index is 0.211. The zero-order valence-corrected chi connectivity index (χ0v) is 14.1. The summed E-state index contributed by atoms with van der Waals surface area (Å²) in [4.78, 5) is 15.2. The third-order valence-corrected chi connectivity index (χ3v) is 6.11. The highest BCUT2D eigenvalue weighted by Crippen LogP contribution is 2.38. The number of benzene rings is 1. The molecule has 1 amide bonds. The molecule has 2 nitrogen and oxygen atoms in total. The van der Waals surface area contributed by atoms with E-state index in [0.717, 1.165) is 19.3 Å². The zero-order valence-electron chi connectivity index (χ0n) is 14.1. The lowest BCUT2D eigenvalue weighted by atomic mass is 9.95. The van der Waals surface area contributed by atoms with Crippen LogP contribution in [0, 0.1) is 5.92 Å². The summed E-state index contributed by atoms with van der Waals surface area (Å²) in [5.41, 5.74) is 4.33. The number of fused-ring (bicyclic) bond motifs is 2. The molecule has 4 rings (SSSR count). The van der Waals surface area contributed by atoms with Gasteiger partial charge in [0.15, 0.2) is 0 Å². The van der Waals surface area contributed by atoms with Crippen molar-refractivity contribution in [1.29, 1.82) is 0 Å². The highest BCUT2D eigenvalue weighted by molar-refractivity contribution is 5.80. The van der Waals surface area contributed by atoms with Gasteiger partial charge in [0.25, 0.3) is 0 Å². The number of hydrogen-bond donors (Lipinski definition) is 0. The van der Waals surface area contributed by atoms with Gasteiger partial charge in [-0.1, -0.05) is 50.1 Å².